The lowest BCUT2D eigenvalue weighted by atomic mass is 9.89. The fourth-order valence-corrected chi connectivity index (χ4v) is 2.45. The highest BCUT2D eigenvalue weighted by molar-refractivity contribution is 5.31. The molecule has 19 heavy (non-hydrogen) atoms. The SMILES string of the molecule is CCN(CC)C(C)(C)C(O)c1ccc(OC)cc1F. The zero-order chi connectivity index (χ0) is 14.6. The molecule has 0 heterocycles. The molecule has 0 spiro atoms. The first-order valence-electron chi connectivity index (χ1n) is 6.65. The van der Waals surface area contributed by atoms with Crippen molar-refractivity contribution in [2.24, 2.45) is 0 Å². The molecular formula is C15H24FNO2. The van der Waals surface area contributed by atoms with Crippen molar-refractivity contribution in [2.45, 2.75) is 39.3 Å². The first-order valence-corrected chi connectivity index (χ1v) is 6.65. The summed E-state index contributed by atoms with van der Waals surface area (Å²) in [6.45, 7) is 9.52. The van der Waals surface area contributed by atoms with Crippen molar-refractivity contribution >= 4 is 0 Å². The van der Waals surface area contributed by atoms with Crippen LogP contribution in [0.4, 0.5) is 4.39 Å². The Morgan fingerprint density at radius 2 is 1.89 bits per heavy atom. The van der Waals surface area contributed by atoms with E-state index in [0.29, 0.717) is 11.3 Å². The lowest BCUT2D eigenvalue weighted by Crippen LogP contribution is -2.48. The third-order valence-electron chi connectivity index (χ3n) is 3.75. The molecule has 1 aromatic carbocycles. The second-order valence-electron chi connectivity index (χ2n) is 5.12. The molecule has 0 fully saturated rings. The van der Waals surface area contributed by atoms with Gasteiger partial charge in [0.2, 0.25) is 0 Å². The van der Waals surface area contributed by atoms with Crippen molar-refractivity contribution in [3.05, 3.63) is 29.6 Å². The van der Waals surface area contributed by atoms with Crippen LogP contribution in [0.15, 0.2) is 18.2 Å². The first-order chi connectivity index (χ1) is 8.88. The van der Waals surface area contributed by atoms with Gasteiger partial charge in [-0.05, 0) is 39.1 Å². The summed E-state index contributed by atoms with van der Waals surface area (Å²) in [6, 6.07) is 4.56. The molecule has 0 saturated carbocycles. The Hall–Kier alpha value is -1.13. The van der Waals surface area contributed by atoms with E-state index in [-0.39, 0.29) is 0 Å². The average Bonchev–Trinajstić information content (AvgIpc) is 2.38. The zero-order valence-electron chi connectivity index (χ0n) is 12.4. The van der Waals surface area contributed by atoms with Crippen LogP contribution in [-0.4, -0.2) is 35.7 Å². The number of ether oxygens (including phenoxy) is 1. The summed E-state index contributed by atoms with van der Waals surface area (Å²) in [4.78, 5) is 2.11. The molecule has 4 heteroatoms. The third kappa shape index (κ3) is 3.25. The lowest BCUT2D eigenvalue weighted by molar-refractivity contribution is -0.00816. The van der Waals surface area contributed by atoms with E-state index in [1.807, 2.05) is 27.7 Å². The predicted molar refractivity (Wildman–Crippen MR) is 74.9 cm³/mol. The minimum Gasteiger partial charge on any atom is -0.497 e. The van der Waals surface area contributed by atoms with Gasteiger partial charge >= 0.3 is 0 Å². The van der Waals surface area contributed by atoms with Crippen LogP contribution in [0.25, 0.3) is 0 Å². The first kappa shape index (κ1) is 15.9. The summed E-state index contributed by atoms with van der Waals surface area (Å²) in [5.74, 6) is 0.0150. The highest BCUT2D eigenvalue weighted by Gasteiger charge is 2.35. The second kappa shape index (κ2) is 6.35. The van der Waals surface area contributed by atoms with E-state index in [2.05, 4.69) is 4.90 Å². The molecule has 0 saturated heterocycles. The highest BCUT2D eigenvalue weighted by atomic mass is 19.1. The van der Waals surface area contributed by atoms with Gasteiger partial charge in [-0.2, -0.15) is 0 Å². The molecular weight excluding hydrogens is 245 g/mol. The molecule has 0 bridgehead atoms. The van der Waals surface area contributed by atoms with Crippen molar-refractivity contribution in [1.82, 2.24) is 4.90 Å². The number of aliphatic hydroxyl groups is 1. The molecule has 0 radical (unpaired) electrons. The van der Waals surface area contributed by atoms with Gasteiger partial charge in [-0.3, -0.25) is 4.90 Å². The summed E-state index contributed by atoms with van der Waals surface area (Å²) >= 11 is 0. The summed E-state index contributed by atoms with van der Waals surface area (Å²) < 4.78 is 19.0. The smallest absolute Gasteiger partial charge is 0.132 e. The van der Waals surface area contributed by atoms with E-state index >= 15 is 0 Å². The predicted octanol–water partition coefficient (Wildman–Crippen LogP) is 2.99. The molecule has 1 unspecified atom stereocenters. The van der Waals surface area contributed by atoms with Gasteiger partial charge in [0.05, 0.1) is 13.2 Å². The van der Waals surface area contributed by atoms with E-state index < -0.39 is 17.5 Å². The summed E-state index contributed by atoms with van der Waals surface area (Å²) in [5.41, 5.74) is -0.225. The Kier molecular flexibility index (Phi) is 5.32. The molecule has 0 amide bonds. The lowest BCUT2D eigenvalue weighted by Gasteiger charge is -2.41. The van der Waals surface area contributed by atoms with Gasteiger partial charge in [-0.1, -0.05) is 13.8 Å². The van der Waals surface area contributed by atoms with Crippen molar-refractivity contribution in [2.75, 3.05) is 20.2 Å². The molecule has 0 aliphatic carbocycles. The van der Waals surface area contributed by atoms with Gasteiger partial charge in [0.25, 0.3) is 0 Å². The Morgan fingerprint density at radius 1 is 1.32 bits per heavy atom. The van der Waals surface area contributed by atoms with E-state index in [4.69, 9.17) is 4.74 Å². The molecule has 1 aromatic rings. The molecule has 1 N–H and O–H groups in total. The van der Waals surface area contributed by atoms with E-state index in [0.717, 1.165) is 13.1 Å². The Bertz CT molecular complexity index is 417. The quantitative estimate of drug-likeness (QED) is 0.861. The molecule has 0 aliphatic heterocycles. The number of halogens is 1. The zero-order valence-corrected chi connectivity index (χ0v) is 12.4. The van der Waals surface area contributed by atoms with Gasteiger partial charge in [0.1, 0.15) is 11.6 Å². The van der Waals surface area contributed by atoms with Crippen LogP contribution in [0.2, 0.25) is 0 Å². The minimum atomic E-state index is -0.890. The van der Waals surface area contributed by atoms with Gasteiger partial charge in [-0.25, -0.2) is 4.39 Å². The Balaban J connectivity index is 3.08. The normalized spacial score (nSPS) is 13.7. The van der Waals surface area contributed by atoms with Crippen molar-refractivity contribution < 1.29 is 14.2 Å². The van der Waals surface area contributed by atoms with E-state index in [9.17, 15) is 9.50 Å². The molecule has 3 nitrogen and oxygen atoms in total. The Morgan fingerprint density at radius 3 is 2.32 bits per heavy atom. The number of hydrogen-bond acceptors (Lipinski definition) is 3. The van der Waals surface area contributed by atoms with Crippen LogP contribution in [-0.2, 0) is 0 Å². The molecule has 0 aliphatic rings. The largest absolute Gasteiger partial charge is 0.497 e. The number of likely N-dealkylation sites (N-methyl/N-ethyl adjacent to an activating group) is 1. The highest BCUT2D eigenvalue weighted by Crippen LogP contribution is 2.33. The Labute approximate surface area is 115 Å². The number of aliphatic hydroxyl groups excluding tert-OH is 1. The standard InChI is InChI=1S/C15H24FNO2/c1-6-17(7-2)15(3,4)14(18)12-9-8-11(19-5)10-13(12)16/h8-10,14,18H,6-7H2,1-5H3. The van der Waals surface area contributed by atoms with Gasteiger partial charge < -0.3 is 9.84 Å². The van der Waals surface area contributed by atoms with Crippen LogP contribution in [0.5, 0.6) is 5.75 Å². The summed E-state index contributed by atoms with van der Waals surface area (Å²) in [6.07, 6.45) is -0.890. The molecule has 0 aromatic heterocycles. The number of hydrogen-bond donors (Lipinski definition) is 1. The third-order valence-corrected chi connectivity index (χ3v) is 3.75. The van der Waals surface area contributed by atoms with Gasteiger partial charge in [0, 0.05) is 17.2 Å². The fourth-order valence-electron chi connectivity index (χ4n) is 2.45. The fraction of sp³-hybridized carbons (Fsp3) is 0.600. The van der Waals surface area contributed by atoms with Crippen molar-refractivity contribution in [3.8, 4) is 5.75 Å². The molecule has 1 rings (SSSR count). The topological polar surface area (TPSA) is 32.7 Å². The monoisotopic (exact) mass is 269 g/mol. The number of benzene rings is 1. The van der Waals surface area contributed by atoms with Gasteiger partial charge in [-0.15, -0.1) is 0 Å². The van der Waals surface area contributed by atoms with Crippen LogP contribution < -0.4 is 4.74 Å². The maximum absolute atomic E-state index is 14.0. The van der Waals surface area contributed by atoms with Crippen molar-refractivity contribution in [1.29, 1.82) is 0 Å². The molecule has 1 atom stereocenters. The van der Waals surface area contributed by atoms with Crippen molar-refractivity contribution in [3.63, 3.8) is 0 Å². The maximum Gasteiger partial charge on any atom is 0.132 e. The summed E-state index contributed by atoms with van der Waals surface area (Å²) in [7, 11) is 1.49. The van der Waals surface area contributed by atoms with E-state index in [1.165, 1.54) is 13.2 Å². The number of rotatable bonds is 6. The van der Waals surface area contributed by atoms with Crippen LogP contribution >= 0.6 is 0 Å². The number of methoxy groups -OCH3 is 1. The van der Waals surface area contributed by atoms with Crippen LogP contribution in [0, 0.1) is 5.82 Å². The van der Waals surface area contributed by atoms with Gasteiger partial charge in [0.15, 0.2) is 0 Å². The number of nitrogens with zero attached hydrogens (tertiary/aromatic N) is 1. The summed E-state index contributed by atoms with van der Waals surface area (Å²) in [5, 5.41) is 10.5. The molecule has 108 valence electrons. The average molecular weight is 269 g/mol. The van der Waals surface area contributed by atoms with Crippen LogP contribution in [0.3, 0.4) is 0 Å². The second-order valence-corrected chi connectivity index (χ2v) is 5.12. The van der Waals surface area contributed by atoms with E-state index in [1.54, 1.807) is 12.1 Å². The van der Waals surface area contributed by atoms with Crippen LogP contribution in [0.1, 0.15) is 39.4 Å². The maximum atomic E-state index is 14.0. The minimum absolute atomic E-state index is 0.303.